The molecule has 0 saturated carbocycles. The molecule has 1 aromatic rings. The molecule has 1 atom stereocenters. The van der Waals surface area contributed by atoms with Crippen molar-refractivity contribution in [3.63, 3.8) is 0 Å². The van der Waals surface area contributed by atoms with E-state index in [9.17, 15) is 13.2 Å². The lowest BCUT2D eigenvalue weighted by molar-refractivity contribution is -0.126. The summed E-state index contributed by atoms with van der Waals surface area (Å²) in [7, 11) is -3.38. The third-order valence-corrected chi connectivity index (χ3v) is 9.94. The van der Waals surface area contributed by atoms with Crippen LogP contribution in [0, 0.1) is 11.8 Å². The van der Waals surface area contributed by atoms with Gasteiger partial charge in [-0.1, -0.05) is 19.9 Å². The van der Waals surface area contributed by atoms with Crippen molar-refractivity contribution in [2.24, 2.45) is 11.8 Å². The summed E-state index contributed by atoms with van der Waals surface area (Å²) >= 11 is 1.26. The predicted octanol–water partition coefficient (Wildman–Crippen LogP) is 2.32. The molecule has 1 unspecified atom stereocenters. The van der Waals surface area contributed by atoms with Crippen LogP contribution in [0.15, 0.2) is 21.7 Å². The number of amides is 1. The zero-order chi connectivity index (χ0) is 22.3. The number of hydrogen-bond donors (Lipinski definition) is 1. The molecule has 3 rings (SSSR count). The molecule has 0 spiro atoms. The molecule has 1 amide bonds. The maximum atomic E-state index is 12.7. The molecule has 176 valence electrons. The minimum absolute atomic E-state index is 0.0795. The first-order chi connectivity index (χ1) is 14.9. The zero-order valence-corrected chi connectivity index (χ0v) is 20.6. The fourth-order valence-corrected chi connectivity index (χ4v) is 7.21. The number of carbonyl (C=O) groups is 1. The van der Waals surface area contributed by atoms with Crippen molar-refractivity contribution in [1.82, 2.24) is 19.4 Å². The van der Waals surface area contributed by atoms with Gasteiger partial charge in [-0.15, -0.1) is 11.3 Å². The van der Waals surface area contributed by atoms with E-state index in [0.717, 1.165) is 52.0 Å². The van der Waals surface area contributed by atoms with Crippen molar-refractivity contribution < 1.29 is 13.2 Å². The van der Waals surface area contributed by atoms with E-state index in [2.05, 4.69) is 22.0 Å². The van der Waals surface area contributed by atoms with Gasteiger partial charge in [-0.2, -0.15) is 4.31 Å². The van der Waals surface area contributed by atoms with Gasteiger partial charge in [0.1, 0.15) is 4.21 Å². The Balaban J connectivity index is 1.33. The van der Waals surface area contributed by atoms with E-state index in [1.807, 2.05) is 6.92 Å². The van der Waals surface area contributed by atoms with Crippen molar-refractivity contribution >= 4 is 27.3 Å². The van der Waals surface area contributed by atoms with Crippen LogP contribution >= 0.6 is 11.3 Å². The van der Waals surface area contributed by atoms with E-state index in [1.165, 1.54) is 24.3 Å². The third-order valence-electron chi connectivity index (χ3n) is 6.66. The lowest BCUT2D eigenvalue weighted by Gasteiger charge is -2.34. The summed E-state index contributed by atoms with van der Waals surface area (Å²) in [4.78, 5) is 17.6. The van der Waals surface area contributed by atoms with Crippen molar-refractivity contribution in [3.05, 3.63) is 17.5 Å². The fraction of sp³-hybridized carbons (Fsp3) is 0.773. The average Bonchev–Trinajstić information content (AvgIpc) is 3.33. The number of piperazine rings is 1. The van der Waals surface area contributed by atoms with Crippen molar-refractivity contribution in [3.8, 4) is 0 Å². The highest BCUT2D eigenvalue weighted by Crippen LogP contribution is 2.29. The number of carbonyl (C=O) groups excluding carboxylic acids is 1. The average molecular weight is 471 g/mol. The lowest BCUT2D eigenvalue weighted by Crippen LogP contribution is -2.47. The number of sulfonamides is 1. The highest BCUT2D eigenvalue weighted by molar-refractivity contribution is 7.91. The molecule has 2 aliphatic heterocycles. The first kappa shape index (κ1) is 24.6. The third kappa shape index (κ3) is 6.74. The van der Waals surface area contributed by atoms with Crippen LogP contribution < -0.4 is 5.32 Å². The molecule has 31 heavy (non-hydrogen) atoms. The van der Waals surface area contributed by atoms with Gasteiger partial charge in [0.05, 0.1) is 0 Å². The minimum Gasteiger partial charge on any atom is -0.356 e. The normalized spacial score (nSPS) is 21.2. The number of piperidine rings is 1. The van der Waals surface area contributed by atoms with Gasteiger partial charge in [0, 0.05) is 51.7 Å². The zero-order valence-electron chi connectivity index (χ0n) is 19.0. The SMILES string of the molecule is CCCN1CCN(CCCNC(=O)C(C)C2CCN(S(=O)(=O)c3cccs3)CC2)CC1. The molecule has 9 heteroatoms. The van der Waals surface area contributed by atoms with Gasteiger partial charge < -0.3 is 15.1 Å². The molecule has 0 aromatic carbocycles. The van der Waals surface area contributed by atoms with Crippen LogP contribution in [0.2, 0.25) is 0 Å². The van der Waals surface area contributed by atoms with E-state index in [4.69, 9.17) is 0 Å². The largest absolute Gasteiger partial charge is 0.356 e. The van der Waals surface area contributed by atoms with Crippen molar-refractivity contribution in [2.75, 3.05) is 58.9 Å². The molecule has 7 nitrogen and oxygen atoms in total. The van der Waals surface area contributed by atoms with Gasteiger partial charge in [0.2, 0.25) is 5.91 Å². The van der Waals surface area contributed by atoms with E-state index in [1.54, 1.807) is 21.8 Å². The molecule has 2 fully saturated rings. The fourth-order valence-electron chi connectivity index (χ4n) is 4.60. The van der Waals surface area contributed by atoms with Crippen LogP contribution in [0.4, 0.5) is 0 Å². The van der Waals surface area contributed by atoms with Crippen molar-refractivity contribution in [2.45, 2.75) is 43.7 Å². The molecular formula is C22H38N4O3S2. The van der Waals surface area contributed by atoms with Crippen LogP contribution in [-0.4, -0.2) is 87.3 Å². The second-order valence-electron chi connectivity index (χ2n) is 8.79. The Morgan fingerprint density at radius 3 is 2.35 bits per heavy atom. The highest BCUT2D eigenvalue weighted by Gasteiger charge is 2.33. The molecule has 2 aliphatic rings. The van der Waals surface area contributed by atoms with E-state index >= 15 is 0 Å². The summed E-state index contributed by atoms with van der Waals surface area (Å²) < 4.78 is 27.3. The Morgan fingerprint density at radius 1 is 1.13 bits per heavy atom. The first-order valence-electron chi connectivity index (χ1n) is 11.7. The van der Waals surface area contributed by atoms with E-state index in [0.29, 0.717) is 23.8 Å². The van der Waals surface area contributed by atoms with Crippen LogP contribution in [0.1, 0.15) is 39.5 Å². The molecular weight excluding hydrogens is 432 g/mol. The first-order valence-corrected chi connectivity index (χ1v) is 14.0. The van der Waals surface area contributed by atoms with Gasteiger partial charge in [-0.25, -0.2) is 8.42 Å². The Bertz CT molecular complexity index is 769. The molecule has 3 heterocycles. The molecule has 0 aliphatic carbocycles. The quantitative estimate of drug-likeness (QED) is 0.532. The Labute approximate surface area is 191 Å². The number of rotatable bonds is 10. The second-order valence-corrected chi connectivity index (χ2v) is 11.9. The van der Waals surface area contributed by atoms with Crippen molar-refractivity contribution in [1.29, 1.82) is 0 Å². The smallest absolute Gasteiger partial charge is 0.252 e. The Kier molecular flexibility index (Phi) is 9.33. The maximum absolute atomic E-state index is 12.7. The van der Waals surface area contributed by atoms with Crippen LogP contribution in [0.5, 0.6) is 0 Å². The van der Waals surface area contributed by atoms with Gasteiger partial charge in [0.15, 0.2) is 0 Å². The number of nitrogens with one attached hydrogen (secondary N) is 1. The summed E-state index contributed by atoms with van der Waals surface area (Å²) in [6.45, 7) is 12.7. The topological polar surface area (TPSA) is 73.0 Å². The molecule has 2 saturated heterocycles. The van der Waals surface area contributed by atoms with E-state index in [-0.39, 0.29) is 17.7 Å². The van der Waals surface area contributed by atoms with Gasteiger partial charge >= 0.3 is 0 Å². The molecule has 1 aromatic heterocycles. The summed E-state index contributed by atoms with van der Waals surface area (Å²) in [5.74, 6) is 0.262. The van der Waals surface area contributed by atoms with Gasteiger partial charge in [-0.3, -0.25) is 4.79 Å². The lowest BCUT2D eigenvalue weighted by atomic mass is 9.85. The summed E-state index contributed by atoms with van der Waals surface area (Å²) in [6.07, 6.45) is 3.67. The molecule has 0 bridgehead atoms. The van der Waals surface area contributed by atoms with Gasteiger partial charge in [-0.05, 0) is 56.1 Å². The minimum atomic E-state index is -3.38. The van der Waals surface area contributed by atoms with Crippen LogP contribution in [0.3, 0.4) is 0 Å². The Morgan fingerprint density at radius 2 is 1.77 bits per heavy atom. The van der Waals surface area contributed by atoms with Crippen LogP contribution in [-0.2, 0) is 14.8 Å². The summed E-state index contributed by atoms with van der Waals surface area (Å²) in [5.41, 5.74) is 0. The number of thiophene rings is 1. The van der Waals surface area contributed by atoms with E-state index < -0.39 is 10.0 Å². The second kappa shape index (κ2) is 11.7. The monoisotopic (exact) mass is 470 g/mol. The summed E-state index contributed by atoms with van der Waals surface area (Å²) in [5, 5.41) is 4.90. The predicted molar refractivity (Wildman–Crippen MR) is 126 cm³/mol. The molecule has 0 radical (unpaired) electrons. The number of hydrogen-bond acceptors (Lipinski definition) is 6. The number of nitrogens with zero attached hydrogens (tertiary/aromatic N) is 3. The highest BCUT2D eigenvalue weighted by atomic mass is 32.2. The maximum Gasteiger partial charge on any atom is 0.252 e. The van der Waals surface area contributed by atoms with Crippen LogP contribution in [0.25, 0.3) is 0 Å². The summed E-state index contributed by atoms with van der Waals surface area (Å²) in [6, 6.07) is 3.43. The molecule has 1 N–H and O–H groups in total. The standard InChI is InChI=1S/C22H38N4O3S2/c1-3-10-24-14-16-25(17-15-24)11-5-9-23-22(27)19(2)20-7-12-26(13-8-20)31(28,29)21-6-4-18-30-21/h4,6,18-20H,3,5,7-17H2,1-2H3,(H,23,27). The Hall–Kier alpha value is -1.00. The van der Waals surface area contributed by atoms with Gasteiger partial charge in [0.25, 0.3) is 10.0 Å².